The molecule has 2 heterocycles. The van der Waals surface area contributed by atoms with Crippen LogP contribution in [0.4, 0.5) is 10.1 Å². The first-order valence-electron chi connectivity index (χ1n) is 12.8. The summed E-state index contributed by atoms with van der Waals surface area (Å²) >= 11 is 0. The van der Waals surface area contributed by atoms with Crippen molar-refractivity contribution in [2.24, 2.45) is 0 Å². The monoisotopic (exact) mass is 523 g/mol. The molecule has 1 aliphatic heterocycles. The Balaban J connectivity index is 1.60. The Bertz CT molecular complexity index is 1280. The van der Waals surface area contributed by atoms with Gasteiger partial charge in [-0.2, -0.15) is 4.98 Å². The van der Waals surface area contributed by atoms with E-state index >= 15 is 0 Å². The predicted octanol–water partition coefficient (Wildman–Crippen LogP) is 4.06. The molecule has 0 atom stereocenters. The molecule has 0 fully saturated rings. The summed E-state index contributed by atoms with van der Waals surface area (Å²) in [7, 11) is 0. The minimum Gasteiger partial charge on any atom is -0.483 e. The summed E-state index contributed by atoms with van der Waals surface area (Å²) in [5.41, 5.74) is 1.79. The first kappa shape index (κ1) is 27.3. The van der Waals surface area contributed by atoms with Crippen molar-refractivity contribution in [2.75, 3.05) is 37.7 Å². The van der Waals surface area contributed by atoms with Crippen molar-refractivity contribution in [1.29, 1.82) is 0 Å². The van der Waals surface area contributed by atoms with Crippen LogP contribution in [-0.2, 0) is 16.1 Å². The average Bonchev–Trinajstić information content (AvgIpc) is 3.31. The molecule has 0 bridgehead atoms. The van der Waals surface area contributed by atoms with E-state index in [1.165, 1.54) is 19.1 Å². The second-order valence-corrected chi connectivity index (χ2v) is 9.67. The van der Waals surface area contributed by atoms with Gasteiger partial charge in [-0.3, -0.25) is 14.5 Å². The predicted molar refractivity (Wildman–Crippen MR) is 141 cm³/mol. The van der Waals surface area contributed by atoms with Gasteiger partial charge in [-0.15, -0.1) is 0 Å². The third kappa shape index (κ3) is 6.55. The number of ether oxygens (including phenoxy) is 1. The molecule has 38 heavy (non-hydrogen) atoms. The summed E-state index contributed by atoms with van der Waals surface area (Å²) in [6.45, 7) is 9.78. The van der Waals surface area contributed by atoms with Crippen molar-refractivity contribution >= 4 is 17.5 Å². The summed E-state index contributed by atoms with van der Waals surface area (Å²) in [6.07, 6.45) is 0.733. The lowest BCUT2D eigenvalue weighted by atomic mass is 10.1. The second kappa shape index (κ2) is 12.2. The first-order valence-corrected chi connectivity index (χ1v) is 12.8. The fourth-order valence-electron chi connectivity index (χ4n) is 4.58. The maximum atomic E-state index is 14.3. The molecule has 0 radical (unpaired) electrons. The van der Waals surface area contributed by atoms with E-state index in [0.29, 0.717) is 53.9 Å². The van der Waals surface area contributed by atoms with Crippen LogP contribution in [0, 0.1) is 12.7 Å². The number of halogens is 1. The number of hydrogen-bond acceptors (Lipinski definition) is 7. The number of para-hydroxylation sites is 1. The zero-order valence-corrected chi connectivity index (χ0v) is 22.3. The Morgan fingerprint density at radius 3 is 2.61 bits per heavy atom. The number of carbonyl (C=O) groups is 2. The van der Waals surface area contributed by atoms with E-state index in [2.05, 4.69) is 28.9 Å². The van der Waals surface area contributed by atoms with Gasteiger partial charge >= 0.3 is 0 Å². The Morgan fingerprint density at radius 1 is 1.11 bits per heavy atom. The number of fused-ring (bicyclic) bond motifs is 1. The SMILES string of the molecule is CC(=O)N1CCCN(C(C)C)CCN(C(=O)COc2ccccc2-c2nc(C)no2)Cc2ccc(F)cc21. The van der Waals surface area contributed by atoms with Crippen LogP contribution in [-0.4, -0.2) is 70.6 Å². The lowest BCUT2D eigenvalue weighted by Crippen LogP contribution is -2.42. The third-order valence-corrected chi connectivity index (χ3v) is 6.64. The Labute approximate surface area is 222 Å². The van der Waals surface area contributed by atoms with Gasteiger partial charge in [0.05, 0.1) is 11.3 Å². The van der Waals surface area contributed by atoms with Crippen LogP contribution < -0.4 is 9.64 Å². The van der Waals surface area contributed by atoms with Crippen molar-refractivity contribution in [3.05, 3.63) is 59.7 Å². The highest BCUT2D eigenvalue weighted by Crippen LogP contribution is 2.29. The van der Waals surface area contributed by atoms with E-state index in [4.69, 9.17) is 9.26 Å². The number of hydrogen-bond donors (Lipinski definition) is 0. The molecular weight excluding hydrogens is 489 g/mol. The van der Waals surface area contributed by atoms with Crippen LogP contribution in [0.2, 0.25) is 0 Å². The minimum absolute atomic E-state index is 0.165. The molecule has 0 saturated heterocycles. The normalized spacial score (nSPS) is 15.2. The molecule has 9 nitrogen and oxygen atoms in total. The number of benzene rings is 2. The van der Waals surface area contributed by atoms with Crippen molar-refractivity contribution in [3.8, 4) is 17.2 Å². The van der Waals surface area contributed by atoms with Gasteiger partial charge in [0.25, 0.3) is 11.8 Å². The summed E-state index contributed by atoms with van der Waals surface area (Å²) in [5.74, 6) is 0.446. The number of aromatic nitrogens is 2. The molecule has 0 N–H and O–H groups in total. The van der Waals surface area contributed by atoms with Gasteiger partial charge in [0.1, 0.15) is 11.6 Å². The fourth-order valence-corrected chi connectivity index (χ4v) is 4.58. The summed E-state index contributed by atoms with van der Waals surface area (Å²) in [4.78, 5) is 35.9. The van der Waals surface area contributed by atoms with Crippen molar-refractivity contribution in [1.82, 2.24) is 19.9 Å². The molecule has 0 saturated carbocycles. The summed E-state index contributed by atoms with van der Waals surface area (Å²) in [5, 5.41) is 3.84. The lowest BCUT2D eigenvalue weighted by Gasteiger charge is -2.30. The van der Waals surface area contributed by atoms with Crippen LogP contribution in [0.1, 0.15) is 38.6 Å². The largest absolute Gasteiger partial charge is 0.483 e. The average molecular weight is 524 g/mol. The molecule has 0 spiro atoms. The molecular formula is C28H34FN5O4. The van der Waals surface area contributed by atoms with E-state index < -0.39 is 5.82 Å². The molecule has 202 valence electrons. The van der Waals surface area contributed by atoms with Gasteiger partial charge in [-0.1, -0.05) is 23.4 Å². The van der Waals surface area contributed by atoms with Gasteiger partial charge in [-0.05, 0) is 57.0 Å². The van der Waals surface area contributed by atoms with Gasteiger partial charge < -0.3 is 19.1 Å². The van der Waals surface area contributed by atoms with E-state index in [1.54, 1.807) is 41.0 Å². The quantitative estimate of drug-likeness (QED) is 0.498. The number of aryl methyl sites for hydroxylation is 1. The third-order valence-electron chi connectivity index (χ3n) is 6.64. The van der Waals surface area contributed by atoms with E-state index in [9.17, 15) is 14.0 Å². The molecule has 0 aliphatic carbocycles. The molecule has 2 aromatic carbocycles. The second-order valence-electron chi connectivity index (χ2n) is 9.67. The van der Waals surface area contributed by atoms with Crippen molar-refractivity contribution in [3.63, 3.8) is 0 Å². The van der Waals surface area contributed by atoms with Gasteiger partial charge in [0, 0.05) is 45.7 Å². The van der Waals surface area contributed by atoms with Gasteiger partial charge in [-0.25, -0.2) is 4.39 Å². The van der Waals surface area contributed by atoms with Crippen LogP contribution in [0.25, 0.3) is 11.5 Å². The van der Waals surface area contributed by atoms with Crippen LogP contribution in [0.5, 0.6) is 5.75 Å². The minimum atomic E-state index is -0.428. The number of nitrogens with zero attached hydrogens (tertiary/aromatic N) is 5. The van der Waals surface area contributed by atoms with E-state index in [-0.39, 0.29) is 31.0 Å². The van der Waals surface area contributed by atoms with Crippen molar-refractivity contribution < 1.29 is 23.2 Å². The number of amides is 2. The number of carbonyl (C=O) groups excluding carboxylic acids is 2. The molecule has 1 aliphatic rings. The zero-order chi connectivity index (χ0) is 27.2. The van der Waals surface area contributed by atoms with Crippen molar-refractivity contribution in [2.45, 2.75) is 46.7 Å². The molecule has 1 aromatic heterocycles. The van der Waals surface area contributed by atoms with E-state index in [1.807, 2.05) is 6.07 Å². The van der Waals surface area contributed by atoms with Crippen LogP contribution >= 0.6 is 0 Å². The highest BCUT2D eigenvalue weighted by atomic mass is 19.1. The molecule has 4 rings (SSSR count). The Morgan fingerprint density at radius 2 is 1.89 bits per heavy atom. The topological polar surface area (TPSA) is 92.0 Å². The number of anilines is 1. The zero-order valence-electron chi connectivity index (χ0n) is 22.3. The van der Waals surface area contributed by atoms with Crippen LogP contribution in [0.3, 0.4) is 0 Å². The summed E-state index contributed by atoms with van der Waals surface area (Å²) < 4.78 is 25.5. The molecule has 3 aromatic rings. The first-order chi connectivity index (χ1) is 18.2. The molecule has 10 heteroatoms. The van der Waals surface area contributed by atoms with Gasteiger partial charge in [0.2, 0.25) is 5.91 Å². The van der Waals surface area contributed by atoms with Crippen LogP contribution in [0.15, 0.2) is 47.0 Å². The highest BCUT2D eigenvalue weighted by Gasteiger charge is 2.24. The molecule has 2 amide bonds. The number of rotatable bonds is 5. The smallest absolute Gasteiger partial charge is 0.261 e. The maximum absolute atomic E-state index is 14.3. The summed E-state index contributed by atoms with van der Waals surface area (Å²) in [6, 6.07) is 11.8. The lowest BCUT2D eigenvalue weighted by molar-refractivity contribution is -0.134. The maximum Gasteiger partial charge on any atom is 0.261 e. The standard InChI is InChI=1S/C28H34FN5O4/c1-19(2)32-12-7-13-34(21(4)35)25-16-23(29)11-10-22(25)17-33(15-14-32)27(36)18-37-26-9-6-5-8-24(26)28-30-20(3)31-38-28/h5-6,8-11,16,19H,7,12-15,17-18H2,1-4H3. The Kier molecular flexibility index (Phi) is 8.73. The highest BCUT2D eigenvalue weighted by molar-refractivity contribution is 5.92. The molecule has 0 unspecified atom stereocenters. The Hall–Kier alpha value is -3.79. The van der Waals surface area contributed by atoms with Gasteiger partial charge in [0.15, 0.2) is 12.4 Å². The fraction of sp³-hybridized carbons (Fsp3) is 0.429. The van der Waals surface area contributed by atoms with E-state index in [0.717, 1.165) is 13.0 Å².